The second-order valence-electron chi connectivity index (χ2n) is 5.73. The molecule has 3 heteroatoms. The van der Waals surface area contributed by atoms with E-state index in [0.717, 1.165) is 33.7 Å². The zero-order chi connectivity index (χ0) is 16.4. The zero-order valence-corrected chi connectivity index (χ0v) is 13.4. The maximum Gasteiger partial charge on any atom is 0.138 e. The summed E-state index contributed by atoms with van der Waals surface area (Å²) in [5.74, 6) is 0. The molecule has 0 bridgehead atoms. The minimum absolute atomic E-state index is 0.903. The Labute approximate surface area is 141 Å². The average Bonchev–Trinajstić information content (AvgIpc) is 3.08. The van der Waals surface area contributed by atoms with Gasteiger partial charge >= 0.3 is 0 Å². The number of pyridine rings is 1. The van der Waals surface area contributed by atoms with Crippen molar-refractivity contribution in [1.29, 1.82) is 0 Å². The van der Waals surface area contributed by atoms with Crippen molar-refractivity contribution in [3.63, 3.8) is 0 Å². The van der Waals surface area contributed by atoms with Gasteiger partial charge in [-0.25, -0.2) is 9.98 Å². The summed E-state index contributed by atoms with van der Waals surface area (Å²) in [5.41, 5.74) is 6.13. The fourth-order valence-electron chi connectivity index (χ4n) is 2.79. The van der Waals surface area contributed by atoms with Crippen molar-refractivity contribution in [2.45, 2.75) is 6.92 Å². The summed E-state index contributed by atoms with van der Waals surface area (Å²) < 4.78 is 2.01. The van der Waals surface area contributed by atoms with Crippen LogP contribution in [-0.4, -0.2) is 15.1 Å². The Hall–Kier alpha value is -3.20. The first-order valence-electron chi connectivity index (χ1n) is 7.94. The van der Waals surface area contributed by atoms with Crippen LogP contribution < -0.4 is 0 Å². The van der Waals surface area contributed by atoms with Crippen molar-refractivity contribution >= 4 is 17.0 Å². The summed E-state index contributed by atoms with van der Waals surface area (Å²) in [7, 11) is 0. The lowest BCUT2D eigenvalue weighted by atomic mass is 10.0. The number of aliphatic imine (C=N–C) groups is 1. The van der Waals surface area contributed by atoms with Crippen LogP contribution in [0.15, 0.2) is 90.3 Å². The highest BCUT2D eigenvalue weighted by Crippen LogP contribution is 2.23. The molecule has 0 saturated heterocycles. The molecule has 0 atom stereocenters. The monoisotopic (exact) mass is 311 g/mol. The molecule has 0 unspecified atom stereocenters. The molecule has 2 aromatic carbocycles. The van der Waals surface area contributed by atoms with Crippen LogP contribution >= 0.6 is 0 Å². The Kier molecular flexibility index (Phi) is 3.67. The third-order valence-corrected chi connectivity index (χ3v) is 4.03. The fraction of sp³-hybridized carbons (Fsp3) is 0.0476. The lowest BCUT2D eigenvalue weighted by Crippen LogP contribution is -2.03. The number of rotatable bonds is 3. The fourth-order valence-corrected chi connectivity index (χ4v) is 2.79. The number of hydrogen-bond acceptors (Lipinski definition) is 2. The number of hydrogen-bond donors (Lipinski definition) is 0. The van der Waals surface area contributed by atoms with Gasteiger partial charge in [-0.05, 0) is 12.5 Å². The van der Waals surface area contributed by atoms with Crippen LogP contribution in [0.25, 0.3) is 5.65 Å². The normalized spacial score (nSPS) is 10.7. The molecule has 3 nitrogen and oxygen atoms in total. The second kappa shape index (κ2) is 6.13. The summed E-state index contributed by atoms with van der Waals surface area (Å²) in [6.07, 6.45) is 5.82. The summed E-state index contributed by atoms with van der Waals surface area (Å²) >= 11 is 0. The van der Waals surface area contributed by atoms with E-state index < -0.39 is 0 Å². The van der Waals surface area contributed by atoms with E-state index in [1.54, 1.807) is 6.20 Å². The van der Waals surface area contributed by atoms with E-state index in [9.17, 15) is 0 Å². The van der Waals surface area contributed by atoms with Gasteiger partial charge in [0, 0.05) is 35.8 Å². The molecule has 0 aliphatic rings. The lowest BCUT2D eigenvalue weighted by Gasteiger charge is -2.09. The molecule has 0 amide bonds. The molecule has 0 aliphatic heterocycles. The van der Waals surface area contributed by atoms with Gasteiger partial charge in [-0.1, -0.05) is 60.7 Å². The molecule has 0 radical (unpaired) electrons. The lowest BCUT2D eigenvalue weighted by molar-refractivity contribution is 1.15. The molecule has 0 aliphatic carbocycles. The van der Waals surface area contributed by atoms with Gasteiger partial charge in [0.1, 0.15) is 5.65 Å². The topological polar surface area (TPSA) is 29.7 Å². The third-order valence-electron chi connectivity index (χ3n) is 4.03. The molecular formula is C21H17N3. The quantitative estimate of drug-likeness (QED) is 0.499. The van der Waals surface area contributed by atoms with Gasteiger partial charge in [0.15, 0.2) is 0 Å². The number of nitrogens with zero attached hydrogens (tertiary/aromatic N) is 3. The van der Waals surface area contributed by atoms with Gasteiger partial charge in [0.2, 0.25) is 0 Å². The highest BCUT2D eigenvalue weighted by Gasteiger charge is 2.09. The van der Waals surface area contributed by atoms with Crippen molar-refractivity contribution in [2.75, 3.05) is 0 Å². The van der Waals surface area contributed by atoms with Crippen molar-refractivity contribution in [3.05, 3.63) is 102 Å². The zero-order valence-electron chi connectivity index (χ0n) is 13.4. The van der Waals surface area contributed by atoms with Gasteiger partial charge in [-0.15, -0.1) is 0 Å². The Morgan fingerprint density at radius 3 is 2.17 bits per heavy atom. The summed E-state index contributed by atoms with van der Waals surface area (Å²) in [6.45, 7) is 2.08. The molecule has 0 saturated carbocycles. The van der Waals surface area contributed by atoms with Gasteiger partial charge in [-0.2, -0.15) is 0 Å². The minimum Gasteiger partial charge on any atom is -0.307 e. The van der Waals surface area contributed by atoms with Crippen LogP contribution in [0.2, 0.25) is 0 Å². The van der Waals surface area contributed by atoms with E-state index >= 15 is 0 Å². The molecule has 0 spiro atoms. The highest BCUT2D eigenvalue weighted by atomic mass is 15.0. The molecule has 4 rings (SSSR count). The Morgan fingerprint density at radius 1 is 0.917 bits per heavy atom. The largest absolute Gasteiger partial charge is 0.307 e. The molecule has 0 N–H and O–H groups in total. The van der Waals surface area contributed by atoms with Gasteiger partial charge in [0.25, 0.3) is 0 Å². The van der Waals surface area contributed by atoms with E-state index in [1.807, 2.05) is 53.1 Å². The number of aromatic nitrogens is 2. The van der Waals surface area contributed by atoms with Gasteiger partial charge < -0.3 is 4.40 Å². The standard InChI is InChI=1S/C21H17N3/c1-16-15-24-13-12-22-20(24)14-19(16)23-21(17-8-4-2-5-9-17)18-10-6-3-7-11-18/h2-15H,1H3. The molecular weight excluding hydrogens is 294 g/mol. The Balaban J connectivity index is 1.91. The summed E-state index contributed by atoms with van der Waals surface area (Å²) in [4.78, 5) is 9.36. The van der Waals surface area contributed by atoms with Crippen LogP contribution in [-0.2, 0) is 0 Å². The molecule has 4 aromatic rings. The summed E-state index contributed by atoms with van der Waals surface area (Å²) in [5, 5.41) is 0. The maximum atomic E-state index is 4.99. The Morgan fingerprint density at radius 2 is 1.54 bits per heavy atom. The van der Waals surface area contributed by atoms with Crippen LogP contribution in [0, 0.1) is 6.92 Å². The number of imidazole rings is 1. The molecule has 2 heterocycles. The Bertz CT molecular complexity index is 958. The van der Waals surface area contributed by atoms with Crippen LogP contribution in [0.3, 0.4) is 0 Å². The SMILES string of the molecule is Cc1cn2ccnc2cc1N=C(c1ccccc1)c1ccccc1. The summed E-state index contributed by atoms with van der Waals surface area (Å²) in [6, 6.07) is 22.6. The maximum absolute atomic E-state index is 4.99. The first kappa shape index (κ1) is 14.4. The number of fused-ring (bicyclic) bond motifs is 1. The van der Waals surface area contributed by atoms with E-state index in [0.29, 0.717) is 0 Å². The molecule has 24 heavy (non-hydrogen) atoms. The predicted octanol–water partition coefficient (Wildman–Crippen LogP) is 4.81. The van der Waals surface area contributed by atoms with Crippen LogP contribution in [0.5, 0.6) is 0 Å². The third kappa shape index (κ3) is 2.72. The van der Waals surface area contributed by atoms with Crippen molar-refractivity contribution in [3.8, 4) is 0 Å². The van der Waals surface area contributed by atoms with Crippen molar-refractivity contribution in [2.24, 2.45) is 4.99 Å². The van der Waals surface area contributed by atoms with Crippen molar-refractivity contribution in [1.82, 2.24) is 9.38 Å². The van der Waals surface area contributed by atoms with E-state index in [2.05, 4.69) is 42.4 Å². The predicted molar refractivity (Wildman–Crippen MR) is 98.1 cm³/mol. The number of aryl methyl sites for hydroxylation is 1. The smallest absolute Gasteiger partial charge is 0.138 e. The van der Waals surface area contributed by atoms with Gasteiger partial charge in [0.05, 0.1) is 11.4 Å². The number of benzene rings is 2. The van der Waals surface area contributed by atoms with Crippen LogP contribution in [0.1, 0.15) is 16.7 Å². The first-order valence-corrected chi connectivity index (χ1v) is 7.94. The van der Waals surface area contributed by atoms with E-state index in [1.165, 1.54) is 0 Å². The van der Waals surface area contributed by atoms with Crippen LogP contribution in [0.4, 0.5) is 5.69 Å². The minimum atomic E-state index is 0.903. The molecule has 116 valence electrons. The second-order valence-corrected chi connectivity index (χ2v) is 5.73. The highest BCUT2D eigenvalue weighted by molar-refractivity contribution is 6.14. The van der Waals surface area contributed by atoms with E-state index in [-0.39, 0.29) is 0 Å². The molecule has 0 fully saturated rings. The first-order chi connectivity index (χ1) is 11.8. The van der Waals surface area contributed by atoms with Gasteiger partial charge in [-0.3, -0.25) is 0 Å². The molecule has 2 aromatic heterocycles. The van der Waals surface area contributed by atoms with Crippen molar-refractivity contribution < 1.29 is 0 Å². The average molecular weight is 311 g/mol. The van der Waals surface area contributed by atoms with E-state index in [4.69, 9.17) is 4.99 Å².